The molecule has 0 saturated heterocycles. The third-order valence-corrected chi connectivity index (χ3v) is 3.14. The molecule has 0 bridgehead atoms. The van der Waals surface area contributed by atoms with Crippen molar-refractivity contribution in [3.8, 4) is 5.75 Å². The molecule has 106 valence electrons. The van der Waals surface area contributed by atoms with Gasteiger partial charge in [-0.25, -0.2) is 0 Å². The molecule has 5 nitrogen and oxygen atoms in total. The summed E-state index contributed by atoms with van der Waals surface area (Å²) in [5, 5.41) is 6.43. The largest absolute Gasteiger partial charge is 0.496 e. The van der Waals surface area contributed by atoms with Crippen LogP contribution in [0.25, 0.3) is 0 Å². The third-order valence-electron chi connectivity index (χ3n) is 3.14. The van der Waals surface area contributed by atoms with Crippen molar-refractivity contribution in [2.24, 2.45) is 0 Å². The summed E-state index contributed by atoms with van der Waals surface area (Å²) >= 11 is 0. The van der Waals surface area contributed by atoms with Crippen LogP contribution >= 0.6 is 0 Å². The number of carbonyl (C=O) groups is 1. The molecule has 1 amide bonds. The first-order chi connectivity index (χ1) is 9.49. The van der Waals surface area contributed by atoms with Gasteiger partial charge in [0.05, 0.1) is 13.5 Å². The molecule has 5 heteroatoms. The molecular weight excluding hydrogens is 256 g/mol. The molecule has 0 aliphatic heterocycles. The summed E-state index contributed by atoms with van der Waals surface area (Å²) in [4.78, 5) is 12.0. The van der Waals surface area contributed by atoms with Crippen molar-refractivity contribution in [2.75, 3.05) is 12.4 Å². The van der Waals surface area contributed by atoms with E-state index in [0.717, 1.165) is 22.4 Å². The highest BCUT2D eigenvalue weighted by molar-refractivity contribution is 5.91. The van der Waals surface area contributed by atoms with Gasteiger partial charge in [-0.15, -0.1) is 0 Å². The standard InChI is InChI=1S/C15H18N2O3/c1-9-5-12(13(19-4)6-10(9)2)8-15(18)16-14-7-11(3)20-17-14/h5-7H,8H2,1-4H3,(H,16,17,18). The number of benzene rings is 1. The Labute approximate surface area is 117 Å². The van der Waals surface area contributed by atoms with Crippen molar-refractivity contribution in [3.05, 3.63) is 40.6 Å². The van der Waals surface area contributed by atoms with Gasteiger partial charge in [0.25, 0.3) is 0 Å². The fraction of sp³-hybridized carbons (Fsp3) is 0.333. The maximum Gasteiger partial charge on any atom is 0.230 e. The number of anilines is 1. The van der Waals surface area contributed by atoms with Gasteiger partial charge in [-0.05, 0) is 38.0 Å². The number of carbonyl (C=O) groups excluding carboxylic acids is 1. The van der Waals surface area contributed by atoms with E-state index >= 15 is 0 Å². The number of ether oxygens (including phenoxy) is 1. The number of rotatable bonds is 4. The van der Waals surface area contributed by atoms with Gasteiger partial charge in [-0.2, -0.15) is 0 Å². The van der Waals surface area contributed by atoms with Gasteiger partial charge in [-0.3, -0.25) is 4.79 Å². The van der Waals surface area contributed by atoms with Crippen LogP contribution in [-0.4, -0.2) is 18.2 Å². The number of hydrogen-bond acceptors (Lipinski definition) is 4. The first-order valence-corrected chi connectivity index (χ1v) is 6.37. The number of aryl methyl sites for hydroxylation is 3. The molecule has 1 N–H and O–H groups in total. The Balaban J connectivity index is 2.13. The van der Waals surface area contributed by atoms with Crippen molar-refractivity contribution < 1.29 is 14.1 Å². The summed E-state index contributed by atoms with van der Waals surface area (Å²) in [5.74, 6) is 1.65. The van der Waals surface area contributed by atoms with Gasteiger partial charge in [0.2, 0.25) is 5.91 Å². The zero-order chi connectivity index (χ0) is 14.7. The molecule has 0 atom stereocenters. The second-order valence-corrected chi connectivity index (χ2v) is 4.80. The Morgan fingerprint density at radius 3 is 2.55 bits per heavy atom. The number of hydrogen-bond donors (Lipinski definition) is 1. The highest BCUT2D eigenvalue weighted by Gasteiger charge is 2.12. The van der Waals surface area contributed by atoms with Gasteiger partial charge in [0.15, 0.2) is 5.82 Å². The maximum absolute atomic E-state index is 12.0. The molecule has 1 aromatic carbocycles. The van der Waals surface area contributed by atoms with Crippen LogP contribution in [0, 0.1) is 20.8 Å². The minimum atomic E-state index is -0.153. The number of nitrogens with one attached hydrogen (secondary N) is 1. The molecule has 0 fully saturated rings. The molecule has 0 aliphatic rings. The van der Waals surface area contributed by atoms with E-state index in [1.165, 1.54) is 0 Å². The Kier molecular flexibility index (Phi) is 4.08. The summed E-state index contributed by atoms with van der Waals surface area (Å²) in [7, 11) is 1.60. The summed E-state index contributed by atoms with van der Waals surface area (Å²) in [6, 6.07) is 5.59. The lowest BCUT2D eigenvalue weighted by molar-refractivity contribution is -0.115. The van der Waals surface area contributed by atoms with Crippen LogP contribution in [-0.2, 0) is 11.2 Å². The van der Waals surface area contributed by atoms with Gasteiger partial charge in [-0.1, -0.05) is 11.2 Å². The average molecular weight is 274 g/mol. The van der Waals surface area contributed by atoms with Crippen molar-refractivity contribution in [3.63, 3.8) is 0 Å². The molecule has 2 aromatic rings. The normalized spacial score (nSPS) is 10.4. The van der Waals surface area contributed by atoms with Crippen LogP contribution in [0.4, 0.5) is 5.82 Å². The number of aromatic nitrogens is 1. The zero-order valence-corrected chi connectivity index (χ0v) is 12.1. The SMILES string of the molecule is COc1cc(C)c(C)cc1CC(=O)Nc1cc(C)on1. The molecule has 1 heterocycles. The van der Waals surface area contributed by atoms with E-state index in [9.17, 15) is 4.79 Å². The quantitative estimate of drug-likeness (QED) is 0.931. The zero-order valence-electron chi connectivity index (χ0n) is 12.1. The topological polar surface area (TPSA) is 64.4 Å². The summed E-state index contributed by atoms with van der Waals surface area (Å²) in [5.41, 5.74) is 3.12. The maximum atomic E-state index is 12.0. The van der Waals surface area contributed by atoms with Crippen LogP contribution in [0.1, 0.15) is 22.5 Å². The van der Waals surface area contributed by atoms with Crippen molar-refractivity contribution in [1.29, 1.82) is 0 Å². The van der Waals surface area contributed by atoms with E-state index in [2.05, 4.69) is 10.5 Å². The predicted octanol–water partition coefficient (Wildman–Crippen LogP) is 2.79. The predicted molar refractivity (Wildman–Crippen MR) is 76.0 cm³/mol. The number of nitrogens with zero attached hydrogens (tertiary/aromatic N) is 1. The van der Waals surface area contributed by atoms with Crippen LogP contribution in [0.3, 0.4) is 0 Å². The van der Waals surface area contributed by atoms with E-state index in [-0.39, 0.29) is 12.3 Å². The molecule has 0 unspecified atom stereocenters. The smallest absolute Gasteiger partial charge is 0.230 e. The van der Waals surface area contributed by atoms with Crippen molar-refractivity contribution >= 4 is 11.7 Å². The number of methoxy groups -OCH3 is 1. The lowest BCUT2D eigenvalue weighted by Crippen LogP contribution is -2.15. The molecule has 0 aliphatic carbocycles. The average Bonchev–Trinajstić information content (AvgIpc) is 2.78. The highest BCUT2D eigenvalue weighted by Crippen LogP contribution is 2.23. The molecule has 20 heavy (non-hydrogen) atoms. The molecule has 0 radical (unpaired) electrons. The number of amides is 1. The minimum absolute atomic E-state index is 0.153. The molecule has 0 spiro atoms. The summed E-state index contributed by atoms with van der Waals surface area (Å²) < 4.78 is 10.2. The third kappa shape index (κ3) is 3.17. The molecule has 1 aromatic heterocycles. The van der Waals surface area contributed by atoms with E-state index < -0.39 is 0 Å². The summed E-state index contributed by atoms with van der Waals surface area (Å²) in [6.45, 7) is 5.80. The lowest BCUT2D eigenvalue weighted by atomic mass is 10.0. The molecular formula is C15H18N2O3. The Morgan fingerprint density at radius 2 is 1.95 bits per heavy atom. The first-order valence-electron chi connectivity index (χ1n) is 6.37. The van der Waals surface area contributed by atoms with Crippen molar-refractivity contribution in [1.82, 2.24) is 5.16 Å². The fourth-order valence-corrected chi connectivity index (χ4v) is 1.96. The molecule has 0 saturated carbocycles. The van der Waals surface area contributed by atoms with Crippen LogP contribution < -0.4 is 10.1 Å². The molecule has 2 rings (SSSR count). The van der Waals surface area contributed by atoms with E-state index in [1.807, 2.05) is 26.0 Å². The lowest BCUT2D eigenvalue weighted by Gasteiger charge is -2.11. The van der Waals surface area contributed by atoms with Gasteiger partial charge in [0.1, 0.15) is 11.5 Å². The minimum Gasteiger partial charge on any atom is -0.496 e. The van der Waals surface area contributed by atoms with Crippen LogP contribution in [0.5, 0.6) is 5.75 Å². The van der Waals surface area contributed by atoms with Crippen LogP contribution in [0.15, 0.2) is 22.7 Å². The van der Waals surface area contributed by atoms with E-state index in [4.69, 9.17) is 9.26 Å². The first kappa shape index (κ1) is 14.1. The van der Waals surface area contributed by atoms with Gasteiger partial charge >= 0.3 is 0 Å². The second kappa shape index (κ2) is 5.77. The summed E-state index contributed by atoms with van der Waals surface area (Å²) in [6.07, 6.45) is 0.232. The van der Waals surface area contributed by atoms with E-state index in [1.54, 1.807) is 20.1 Å². The Hall–Kier alpha value is -2.30. The Morgan fingerprint density at radius 1 is 1.25 bits per heavy atom. The van der Waals surface area contributed by atoms with Crippen LogP contribution in [0.2, 0.25) is 0 Å². The Bertz CT molecular complexity index is 632. The highest BCUT2D eigenvalue weighted by atomic mass is 16.5. The second-order valence-electron chi connectivity index (χ2n) is 4.80. The van der Waals surface area contributed by atoms with Gasteiger partial charge in [0, 0.05) is 11.6 Å². The fourth-order valence-electron chi connectivity index (χ4n) is 1.96. The monoisotopic (exact) mass is 274 g/mol. The van der Waals surface area contributed by atoms with Gasteiger partial charge < -0.3 is 14.6 Å². The van der Waals surface area contributed by atoms with E-state index in [0.29, 0.717) is 11.6 Å². The van der Waals surface area contributed by atoms with Crippen molar-refractivity contribution in [2.45, 2.75) is 27.2 Å².